The summed E-state index contributed by atoms with van der Waals surface area (Å²) in [6.45, 7) is 6.36. The molecule has 0 atom stereocenters. The summed E-state index contributed by atoms with van der Waals surface area (Å²) in [5.41, 5.74) is 6.36. The standard InChI is InChI=1S/C13H21N3O3/c1-9-15-10(12(17)18-3)11(14)16(9)8-13(2)4-6-19-7-5-13/h4-8,14H2,1-3H3. The third-order valence-corrected chi connectivity index (χ3v) is 3.82. The Morgan fingerprint density at radius 2 is 2.16 bits per heavy atom. The molecule has 0 unspecified atom stereocenters. The molecular weight excluding hydrogens is 246 g/mol. The third kappa shape index (κ3) is 2.73. The van der Waals surface area contributed by atoms with E-state index >= 15 is 0 Å². The monoisotopic (exact) mass is 267 g/mol. The Bertz CT molecular complexity index is 476. The van der Waals surface area contributed by atoms with Gasteiger partial charge in [-0.1, -0.05) is 6.92 Å². The van der Waals surface area contributed by atoms with E-state index in [-0.39, 0.29) is 11.1 Å². The minimum Gasteiger partial charge on any atom is -0.464 e. The van der Waals surface area contributed by atoms with E-state index in [1.807, 2.05) is 11.5 Å². The molecule has 6 nitrogen and oxygen atoms in total. The number of carbonyl (C=O) groups is 1. The number of methoxy groups -OCH3 is 1. The van der Waals surface area contributed by atoms with Crippen LogP contribution in [0.15, 0.2) is 0 Å². The Kier molecular flexibility index (Phi) is 3.80. The van der Waals surface area contributed by atoms with Crippen LogP contribution in [-0.4, -0.2) is 35.8 Å². The van der Waals surface area contributed by atoms with Gasteiger partial charge in [0, 0.05) is 19.8 Å². The Labute approximate surface area is 112 Å². The smallest absolute Gasteiger partial charge is 0.360 e. The first-order valence-electron chi connectivity index (χ1n) is 6.45. The van der Waals surface area contributed by atoms with Crippen molar-refractivity contribution in [2.75, 3.05) is 26.1 Å². The highest BCUT2D eigenvalue weighted by Crippen LogP contribution is 2.33. The normalized spacial score (nSPS) is 18.3. The Hall–Kier alpha value is -1.56. The van der Waals surface area contributed by atoms with E-state index in [9.17, 15) is 4.79 Å². The lowest BCUT2D eigenvalue weighted by atomic mass is 9.82. The molecule has 0 saturated carbocycles. The third-order valence-electron chi connectivity index (χ3n) is 3.82. The van der Waals surface area contributed by atoms with E-state index < -0.39 is 5.97 Å². The number of hydrogen-bond acceptors (Lipinski definition) is 5. The maximum atomic E-state index is 11.6. The van der Waals surface area contributed by atoms with Crippen LogP contribution in [0.3, 0.4) is 0 Å². The summed E-state index contributed by atoms with van der Waals surface area (Å²) in [4.78, 5) is 15.8. The van der Waals surface area contributed by atoms with Crippen molar-refractivity contribution in [2.24, 2.45) is 5.41 Å². The highest BCUT2D eigenvalue weighted by Gasteiger charge is 2.30. The van der Waals surface area contributed by atoms with Gasteiger partial charge in [-0.05, 0) is 25.2 Å². The number of carbonyl (C=O) groups excluding carboxylic acids is 1. The van der Waals surface area contributed by atoms with Crippen LogP contribution >= 0.6 is 0 Å². The molecule has 1 aliphatic heterocycles. The highest BCUT2D eigenvalue weighted by atomic mass is 16.5. The van der Waals surface area contributed by atoms with Crippen molar-refractivity contribution in [3.8, 4) is 0 Å². The number of ether oxygens (including phenoxy) is 2. The molecular formula is C13H21N3O3. The molecule has 19 heavy (non-hydrogen) atoms. The summed E-state index contributed by atoms with van der Waals surface area (Å²) in [6, 6.07) is 0. The van der Waals surface area contributed by atoms with Crippen LogP contribution in [0, 0.1) is 12.3 Å². The number of aromatic nitrogens is 2. The number of aryl methyl sites for hydroxylation is 1. The molecule has 6 heteroatoms. The minimum absolute atomic E-state index is 0.130. The Morgan fingerprint density at radius 3 is 2.74 bits per heavy atom. The number of anilines is 1. The van der Waals surface area contributed by atoms with Crippen LogP contribution in [0.25, 0.3) is 0 Å². The lowest BCUT2D eigenvalue weighted by molar-refractivity contribution is 0.0155. The zero-order chi connectivity index (χ0) is 14.0. The molecule has 2 rings (SSSR count). The Morgan fingerprint density at radius 1 is 1.53 bits per heavy atom. The van der Waals surface area contributed by atoms with Crippen molar-refractivity contribution < 1.29 is 14.3 Å². The average Bonchev–Trinajstić information content (AvgIpc) is 2.66. The maximum absolute atomic E-state index is 11.6. The van der Waals surface area contributed by atoms with Gasteiger partial charge >= 0.3 is 5.97 Å². The lowest BCUT2D eigenvalue weighted by Gasteiger charge is -2.34. The molecule has 0 radical (unpaired) electrons. The van der Waals surface area contributed by atoms with Gasteiger partial charge in [0.25, 0.3) is 0 Å². The Balaban J connectivity index is 2.25. The van der Waals surface area contributed by atoms with E-state index in [0.29, 0.717) is 5.82 Å². The minimum atomic E-state index is -0.489. The second-order valence-electron chi connectivity index (χ2n) is 5.39. The molecule has 1 saturated heterocycles. The molecule has 0 amide bonds. The number of esters is 1. The topological polar surface area (TPSA) is 79.4 Å². The fourth-order valence-corrected chi connectivity index (χ4v) is 2.43. The molecule has 2 N–H and O–H groups in total. The predicted octanol–water partition coefficient (Wildman–Crippen LogP) is 1.38. The largest absolute Gasteiger partial charge is 0.464 e. The van der Waals surface area contributed by atoms with Crippen molar-refractivity contribution in [3.63, 3.8) is 0 Å². The summed E-state index contributed by atoms with van der Waals surface area (Å²) >= 11 is 0. The lowest BCUT2D eigenvalue weighted by Crippen LogP contribution is -2.31. The molecule has 0 spiro atoms. The van der Waals surface area contributed by atoms with Gasteiger partial charge in [-0.15, -0.1) is 0 Å². The molecule has 106 valence electrons. The van der Waals surface area contributed by atoms with Crippen molar-refractivity contribution in [1.29, 1.82) is 0 Å². The van der Waals surface area contributed by atoms with Crippen LogP contribution < -0.4 is 5.73 Å². The van der Waals surface area contributed by atoms with Crippen LogP contribution in [0.4, 0.5) is 5.82 Å². The maximum Gasteiger partial charge on any atom is 0.360 e. The van der Waals surface area contributed by atoms with Crippen LogP contribution in [0.1, 0.15) is 36.1 Å². The summed E-state index contributed by atoms with van der Waals surface area (Å²) < 4.78 is 12.0. The number of imidazole rings is 1. The fraction of sp³-hybridized carbons (Fsp3) is 0.692. The summed E-state index contributed by atoms with van der Waals surface area (Å²) in [5.74, 6) is 0.638. The van der Waals surface area contributed by atoms with Crippen molar-refractivity contribution in [1.82, 2.24) is 9.55 Å². The number of hydrogen-bond donors (Lipinski definition) is 1. The second-order valence-corrected chi connectivity index (χ2v) is 5.39. The van der Waals surface area contributed by atoms with E-state index in [1.165, 1.54) is 7.11 Å². The zero-order valence-corrected chi connectivity index (χ0v) is 11.7. The van der Waals surface area contributed by atoms with E-state index in [1.54, 1.807) is 0 Å². The van der Waals surface area contributed by atoms with Crippen LogP contribution in [0.2, 0.25) is 0 Å². The van der Waals surface area contributed by atoms with Crippen molar-refractivity contribution in [3.05, 3.63) is 11.5 Å². The first kappa shape index (κ1) is 13.9. The molecule has 0 aliphatic carbocycles. The van der Waals surface area contributed by atoms with E-state index in [4.69, 9.17) is 10.5 Å². The SMILES string of the molecule is COC(=O)c1nc(C)n(CC2(C)CCOCC2)c1N. The van der Waals surface area contributed by atoms with Gasteiger partial charge in [0.05, 0.1) is 7.11 Å². The van der Waals surface area contributed by atoms with Crippen LogP contribution in [-0.2, 0) is 16.0 Å². The number of rotatable bonds is 3. The molecule has 1 aliphatic rings. The highest BCUT2D eigenvalue weighted by molar-refractivity contribution is 5.92. The van der Waals surface area contributed by atoms with Gasteiger partial charge in [0.15, 0.2) is 5.69 Å². The van der Waals surface area contributed by atoms with Gasteiger partial charge in [0.1, 0.15) is 11.6 Å². The van der Waals surface area contributed by atoms with Crippen molar-refractivity contribution in [2.45, 2.75) is 33.2 Å². The number of nitrogens with two attached hydrogens (primary N) is 1. The van der Waals surface area contributed by atoms with Gasteiger partial charge in [-0.2, -0.15) is 0 Å². The molecule has 1 aromatic heterocycles. The van der Waals surface area contributed by atoms with Gasteiger partial charge < -0.3 is 19.8 Å². The van der Waals surface area contributed by atoms with Gasteiger partial charge in [-0.25, -0.2) is 9.78 Å². The van der Waals surface area contributed by atoms with E-state index in [0.717, 1.165) is 38.4 Å². The quantitative estimate of drug-likeness (QED) is 0.837. The average molecular weight is 267 g/mol. The fourth-order valence-electron chi connectivity index (χ4n) is 2.43. The first-order valence-corrected chi connectivity index (χ1v) is 6.45. The number of nitrogen functional groups attached to an aromatic ring is 1. The molecule has 0 bridgehead atoms. The second kappa shape index (κ2) is 5.21. The summed E-state index contributed by atoms with van der Waals surface area (Å²) in [6.07, 6.45) is 1.97. The zero-order valence-electron chi connectivity index (χ0n) is 11.7. The van der Waals surface area contributed by atoms with Crippen LogP contribution in [0.5, 0.6) is 0 Å². The first-order chi connectivity index (χ1) is 8.97. The molecule has 0 aromatic carbocycles. The summed E-state index contributed by atoms with van der Waals surface area (Å²) in [5, 5.41) is 0. The molecule has 2 heterocycles. The van der Waals surface area contributed by atoms with Crippen molar-refractivity contribution >= 4 is 11.8 Å². The number of nitrogens with zero attached hydrogens (tertiary/aromatic N) is 2. The summed E-state index contributed by atoms with van der Waals surface area (Å²) in [7, 11) is 1.33. The van der Waals surface area contributed by atoms with Gasteiger partial charge in [0.2, 0.25) is 0 Å². The van der Waals surface area contributed by atoms with E-state index in [2.05, 4.69) is 16.6 Å². The molecule has 1 aromatic rings. The predicted molar refractivity (Wildman–Crippen MR) is 70.9 cm³/mol. The van der Waals surface area contributed by atoms with Gasteiger partial charge in [-0.3, -0.25) is 0 Å². The molecule has 1 fully saturated rings.